The Hall–Kier alpha value is -2.85. The number of benzene rings is 2. The second-order valence-corrected chi connectivity index (χ2v) is 8.67. The average Bonchev–Trinajstić information content (AvgIpc) is 3.26. The third kappa shape index (κ3) is 5.94. The Labute approximate surface area is 206 Å². The van der Waals surface area contributed by atoms with E-state index >= 15 is 0 Å². The van der Waals surface area contributed by atoms with Gasteiger partial charge in [-0.3, -0.25) is 4.79 Å². The number of amides is 1. The molecule has 0 saturated heterocycles. The van der Waals surface area contributed by atoms with Crippen LogP contribution in [0.2, 0.25) is 15.1 Å². The highest BCUT2D eigenvalue weighted by atomic mass is 35.5. The number of thioether (sulfide) groups is 1. The van der Waals surface area contributed by atoms with Crippen molar-refractivity contribution in [3.05, 3.63) is 75.6 Å². The number of nitrogens with one attached hydrogen (secondary N) is 2. The summed E-state index contributed by atoms with van der Waals surface area (Å²) >= 11 is 18.8. The first-order valence-electron chi connectivity index (χ1n) is 9.28. The Morgan fingerprint density at radius 1 is 1.06 bits per heavy atom. The number of aromatic nitrogens is 3. The van der Waals surface area contributed by atoms with Gasteiger partial charge in [-0.1, -0.05) is 46.6 Å². The summed E-state index contributed by atoms with van der Waals surface area (Å²) in [5.41, 5.74) is 1.51. The minimum absolute atomic E-state index is 0.0206. The Bertz CT molecular complexity index is 1320. The lowest BCUT2D eigenvalue weighted by molar-refractivity contribution is -0.113. The van der Waals surface area contributed by atoms with Crippen molar-refractivity contribution in [2.24, 2.45) is 0 Å². The Balaban J connectivity index is 1.43. The molecule has 0 aliphatic rings. The number of halogens is 4. The number of hydrogen-bond donors (Lipinski definition) is 2. The number of hydrogen-bond acceptors (Lipinski definition) is 7. The van der Waals surface area contributed by atoms with Crippen LogP contribution in [-0.4, -0.2) is 26.8 Å². The normalized spacial score (nSPS) is 10.8. The van der Waals surface area contributed by atoms with Gasteiger partial charge in [0.1, 0.15) is 11.6 Å². The van der Waals surface area contributed by atoms with E-state index in [4.69, 9.17) is 39.2 Å². The molecule has 0 fully saturated rings. The fraction of sp³-hybridized carbons (Fsp3) is 0.0476. The Kier molecular flexibility index (Phi) is 7.34. The minimum atomic E-state index is -0.524. The van der Waals surface area contributed by atoms with Crippen molar-refractivity contribution in [2.75, 3.05) is 16.4 Å². The molecule has 4 rings (SSSR count). The molecular weight excluding hydrogens is 512 g/mol. The first-order valence-corrected chi connectivity index (χ1v) is 11.4. The van der Waals surface area contributed by atoms with Crippen LogP contribution in [0.4, 0.5) is 21.6 Å². The van der Waals surface area contributed by atoms with E-state index in [0.29, 0.717) is 32.8 Å². The zero-order valence-corrected chi connectivity index (χ0v) is 19.6. The summed E-state index contributed by atoms with van der Waals surface area (Å²) in [7, 11) is 0. The predicted octanol–water partition coefficient (Wildman–Crippen LogP) is 6.71. The van der Waals surface area contributed by atoms with E-state index in [1.807, 2.05) is 0 Å². The van der Waals surface area contributed by atoms with Crippen molar-refractivity contribution in [1.82, 2.24) is 15.2 Å². The molecule has 0 aliphatic carbocycles. The number of carbonyl (C=O) groups is 1. The summed E-state index contributed by atoms with van der Waals surface area (Å²) in [6.07, 6.45) is 1.58. The standard InChI is InChI=1S/C21H13Cl3FN5O2S/c22-11-3-6-17(15(24)8-11)28-18(31)10-33-21-30-29-20(32-21)13-2-1-7-26-19(13)27-12-4-5-16(25)14(23)9-12/h1-9H,10H2,(H,26,27)(H,28,31). The molecular formula is C21H13Cl3FN5O2S. The van der Waals surface area contributed by atoms with Gasteiger partial charge in [0.25, 0.3) is 11.1 Å². The largest absolute Gasteiger partial charge is 0.411 e. The Morgan fingerprint density at radius 2 is 1.91 bits per heavy atom. The van der Waals surface area contributed by atoms with Gasteiger partial charge in [0, 0.05) is 16.9 Å². The van der Waals surface area contributed by atoms with Gasteiger partial charge >= 0.3 is 0 Å². The zero-order chi connectivity index (χ0) is 23.4. The van der Waals surface area contributed by atoms with Crippen molar-refractivity contribution in [3.63, 3.8) is 0 Å². The molecule has 2 heterocycles. The fourth-order valence-corrected chi connectivity index (χ4v) is 3.87. The van der Waals surface area contributed by atoms with Crippen LogP contribution in [-0.2, 0) is 4.79 Å². The van der Waals surface area contributed by atoms with E-state index in [2.05, 4.69) is 25.8 Å². The lowest BCUT2D eigenvalue weighted by atomic mass is 10.2. The van der Waals surface area contributed by atoms with Crippen LogP contribution in [0, 0.1) is 5.82 Å². The van der Waals surface area contributed by atoms with Crippen molar-refractivity contribution < 1.29 is 13.6 Å². The maximum atomic E-state index is 13.4. The lowest BCUT2D eigenvalue weighted by Gasteiger charge is -2.09. The van der Waals surface area contributed by atoms with Gasteiger partial charge in [0.05, 0.1) is 27.0 Å². The van der Waals surface area contributed by atoms with E-state index in [-0.39, 0.29) is 27.8 Å². The van der Waals surface area contributed by atoms with Gasteiger partial charge in [-0.25, -0.2) is 9.37 Å². The summed E-state index contributed by atoms with van der Waals surface area (Å²) < 4.78 is 19.1. The molecule has 0 radical (unpaired) electrons. The van der Waals surface area contributed by atoms with Gasteiger partial charge in [-0.2, -0.15) is 0 Å². The predicted molar refractivity (Wildman–Crippen MR) is 128 cm³/mol. The monoisotopic (exact) mass is 523 g/mol. The van der Waals surface area contributed by atoms with Crippen LogP contribution in [0.15, 0.2) is 64.4 Å². The molecule has 0 spiro atoms. The molecule has 0 unspecified atom stereocenters. The van der Waals surface area contributed by atoms with Crippen LogP contribution in [0.3, 0.4) is 0 Å². The number of pyridine rings is 1. The lowest BCUT2D eigenvalue weighted by Crippen LogP contribution is -2.14. The number of rotatable bonds is 7. The minimum Gasteiger partial charge on any atom is -0.411 e. The molecule has 33 heavy (non-hydrogen) atoms. The molecule has 2 N–H and O–H groups in total. The highest BCUT2D eigenvalue weighted by molar-refractivity contribution is 7.99. The van der Waals surface area contributed by atoms with Crippen molar-refractivity contribution in [1.29, 1.82) is 0 Å². The maximum Gasteiger partial charge on any atom is 0.277 e. The summed E-state index contributed by atoms with van der Waals surface area (Å²) in [5.74, 6) is -0.199. The third-order valence-corrected chi connectivity index (χ3v) is 5.81. The van der Waals surface area contributed by atoms with Gasteiger partial charge in [-0.05, 0) is 48.5 Å². The fourth-order valence-electron chi connectivity index (χ4n) is 2.67. The SMILES string of the molecule is O=C(CSc1nnc(-c2cccnc2Nc2ccc(F)c(Cl)c2)o1)Nc1ccc(Cl)cc1Cl. The first kappa shape index (κ1) is 23.3. The smallest absolute Gasteiger partial charge is 0.277 e. The average molecular weight is 525 g/mol. The van der Waals surface area contributed by atoms with Crippen molar-refractivity contribution in [2.45, 2.75) is 5.22 Å². The number of nitrogens with zero attached hydrogens (tertiary/aromatic N) is 3. The van der Waals surface area contributed by atoms with E-state index in [1.165, 1.54) is 24.3 Å². The number of carbonyl (C=O) groups excluding carboxylic acids is 1. The van der Waals surface area contributed by atoms with E-state index in [9.17, 15) is 9.18 Å². The summed E-state index contributed by atoms with van der Waals surface area (Å²) in [6, 6.07) is 12.4. The molecule has 2 aromatic carbocycles. The second-order valence-electron chi connectivity index (χ2n) is 6.49. The van der Waals surface area contributed by atoms with Crippen LogP contribution < -0.4 is 10.6 Å². The van der Waals surface area contributed by atoms with E-state index < -0.39 is 5.82 Å². The third-order valence-electron chi connectivity index (χ3n) is 4.16. The molecule has 168 valence electrons. The summed E-state index contributed by atoms with van der Waals surface area (Å²) in [6.45, 7) is 0. The molecule has 0 atom stereocenters. The van der Waals surface area contributed by atoms with Gasteiger partial charge in [-0.15, -0.1) is 10.2 Å². The van der Waals surface area contributed by atoms with Gasteiger partial charge < -0.3 is 15.1 Å². The topological polar surface area (TPSA) is 92.9 Å². The number of anilines is 3. The van der Waals surface area contributed by atoms with Crippen LogP contribution in [0.5, 0.6) is 0 Å². The molecule has 12 heteroatoms. The van der Waals surface area contributed by atoms with Crippen molar-refractivity contribution in [3.8, 4) is 11.5 Å². The van der Waals surface area contributed by atoms with E-state index in [0.717, 1.165) is 11.8 Å². The molecule has 0 bridgehead atoms. The maximum absolute atomic E-state index is 13.4. The van der Waals surface area contributed by atoms with E-state index in [1.54, 1.807) is 30.5 Å². The van der Waals surface area contributed by atoms with Gasteiger partial charge in [0.15, 0.2) is 0 Å². The second kappa shape index (κ2) is 10.4. The summed E-state index contributed by atoms with van der Waals surface area (Å²) in [5, 5.41) is 14.7. The quantitative estimate of drug-likeness (QED) is 0.260. The van der Waals surface area contributed by atoms with Crippen LogP contribution in [0.25, 0.3) is 11.5 Å². The molecule has 0 aliphatic heterocycles. The van der Waals surface area contributed by atoms with Crippen LogP contribution >= 0.6 is 46.6 Å². The molecule has 2 aromatic heterocycles. The highest BCUT2D eigenvalue weighted by Crippen LogP contribution is 2.31. The highest BCUT2D eigenvalue weighted by Gasteiger charge is 2.16. The molecule has 7 nitrogen and oxygen atoms in total. The summed E-state index contributed by atoms with van der Waals surface area (Å²) in [4.78, 5) is 16.5. The van der Waals surface area contributed by atoms with Crippen molar-refractivity contribution >= 4 is 69.7 Å². The van der Waals surface area contributed by atoms with Crippen LogP contribution in [0.1, 0.15) is 0 Å². The Morgan fingerprint density at radius 3 is 2.70 bits per heavy atom. The molecule has 0 saturated carbocycles. The zero-order valence-electron chi connectivity index (χ0n) is 16.5. The van der Waals surface area contributed by atoms with Gasteiger partial charge in [0.2, 0.25) is 5.91 Å². The molecule has 4 aromatic rings. The molecule has 1 amide bonds. The first-order chi connectivity index (χ1) is 15.9.